The molecule has 2 aromatic carbocycles. The number of nitriles is 1. The van der Waals surface area contributed by atoms with Crippen molar-refractivity contribution in [3.05, 3.63) is 56.7 Å². The highest BCUT2D eigenvalue weighted by atomic mass is 127. The number of rotatable bonds is 5. The molecule has 0 aliphatic heterocycles. The first-order valence-corrected chi connectivity index (χ1v) is 8.75. The van der Waals surface area contributed by atoms with Gasteiger partial charge in [0, 0.05) is 21.2 Å². The van der Waals surface area contributed by atoms with Crippen LogP contribution in [0.1, 0.15) is 40.7 Å². The number of ketones is 1. The highest BCUT2D eigenvalue weighted by molar-refractivity contribution is 14.1. The van der Waals surface area contributed by atoms with Gasteiger partial charge in [-0.05, 0) is 90.2 Å². The van der Waals surface area contributed by atoms with Crippen molar-refractivity contribution in [3.8, 4) is 6.07 Å². The summed E-state index contributed by atoms with van der Waals surface area (Å²) in [7, 11) is 0. The van der Waals surface area contributed by atoms with Gasteiger partial charge in [0.05, 0.1) is 17.3 Å². The van der Waals surface area contributed by atoms with Crippen LogP contribution in [0.4, 0.5) is 11.4 Å². The lowest BCUT2D eigenvalue weighted by atomic mass is 10.0. The maximum absolute atomic E-state index is 12.5. The van der Waals surface area contributed by atoms with Crippen molar-refractivity contribution in [1.29, 1.82) is 5.26 Å². The summed E-state index contributed by atoms with van der Waals surface area (Å²) in [6, 6.07) is 13.5. The van der Waals surface area contributed by atoms with E-state index >= 15 is 0 Å². The van der Waals surface area contributed by atoms with Gasteiger partial charge < -0.3 is 5.32 Å². The second-order valence-electron chi connectivity index (χ2n) is 6.03. The van der Waals surface area contributed by atoms with Gasteiger partial charge in [-0.3, -0.25) is 4.79 Å². The predicted octanol–water partition coefficient (Wildman–Crippen LogP) is 5.20. The highest BCUT2D eigenvalue weighted by Crippen LogP contribution is 2.35. The number of carbonyl (C=O) groups excluding carboxylic acids is 1. The van der Waals surface area contributed by atoms with Crippen LogP contribution in [0.25, 0.3) is 0 Å². The Hall–Kier alpha value is -1.87. The quantitative estimate of drug-likeness (QED) is 0.539. The average Bonchev–Trinajstić information content (AvgIpc) is 3.33. The van der Waals surface area contributed by atoms with E-state index in [1.807, 2.05) is 19.1 Å². The Morgan fingerprint density at radius 2 is 2.04 bits per heavy atom. The molecule has 116 valence electrons. The molecule has 0 bridgehead atoms. The maximum Gasteiger partial charge on any atom is 0.165 e. The molecule has 3 nitrogen and oxygen atoms in total. The van der Waals surface area contributed by atoms with Crippen LogP contribution in [0.5, 0.6) is 0 Å². The lowest BCUT2D eigenvalue weighted by molar-refractivity contribution is 0.0977. The Labute approximate surface area is 149 Å². The molecule has 0 aromatic heterocycles. The standard InChI is InChI=1S/C19H17IN2O/c1-12-8-15(20)5-7-17(12)22-18-9-14(11-21)4-6-16(18)19(23)10-13-2-3-13/h4-9,13,22H,2-3,10H2,1H3. The number of carbonyl (C=O) groups is 1. The van der Waals surface area contributed by atoms with E-state index in [0.717, 1.165) is 29.8 Å². The molecule has 1 fully saturated rings. The molecular formula is C19H17IN2O. The molecule has 1 N–H and O–H groups in total. The molecule has 0 radical (unpaired) electrons. The molecule has 3 rings (SSSR count). The van der Waals surface area contributed by atoms with Crippen LogP contribution >= 0.6 is 22.6 Å². The minimum atomic E-state index is 0.155. The van der Waals surface area contributed by atoms with Gasteiger partial charge in [-0.25, -0.2) is 0 Å². The number of benzene rings is 2. The molecular weight excluding hydrogens is 399 g/mol. The van der Waals surface area contributed by atoms with Crippen molar-refractivity contribution in [2.24, 2.45) is 5.92 Å². The zero-order chi connectivity index (χ0) is 16.4. The number of nitrogens with one attached hydrogen (secondary N) is 1. The van der Waals surface area contributed by atoms with Crippen LogP contribution in [0.15, 0.2) is 36.4 Å². The third-order valence-corrected chi connectivity index (χ3v) is 4.75. The van der Waals surface area contributed by atoms with E-state index in [0.29, 0.717) is 23.5 Å². The van der Waals surface area contributed by atoms with Crippen molar-refractivity contribution >= 4 is 39.7 Å². The molecule has 0 amide bonds. The fraction of sp³-hybridized carbons (Fsp3) is 0.263. The third kappa shape index (κ3) is 3.91. The van der Waals surface area contributed by atoms with Crippen LogP contribution in [0, 0.1) is 27.7 Å². The summed E-state index contributed by atoms with van der Waals surface area (Å²) in [6.07, 6.45) is 2.91. The van der Waals surface area contributed by atoms with Crippen LogP contribution < -0.4 is 5.32 Å². The SMILES string of the molecule is Cc1cc(I)ccc1Nc1cc(C#N)ccc1C(=O)CC1CC1. The number of hydrogen-bond acceptors (Lipinski definition) is 3. The molecule has 1 saturated carbocycles. The van der Waals surface area contributed by atoms with Crippen LogP contribution in [0.2, 0.25) is 0 Å². The molecule has 0 heterocycles. The summed E-state index contributed by atoms with van der Waals surface area (Å²) in [5.41, 5.74) is 4.02. The second kappa shape index (κ2) is 6.71. The van der Waals surface area contributed by atoms with E-state index in [-0.39, 0.29) is 5.78 Å². The monoisotopic (exact) mass is 416 g/mol. The number of halogens is 1. The van der Waals surface area contributed by atoms with Crippen LogP contribution in [-0.2, 0) is 0 Å². The number of nitrogens with zero attached hydrogens (tertiary/aromatic N) is 1. The van der Waals surface area contributed by atoms with E-state index in [1.54, 1.807) is 18.2 Å². The van der Waals surface area contributed by atoms with E-state index in [1.165, 1.54) is 3.57 Å². The molecule has 0 spiro atoms. The molecule has 0 saturated heterocycles. The first kappa shape index (κ1) is 16.0. The number of hydrogen-bond donors (Lipinski definition) is 1. The zero-order valence-corrected chi connectivity index (χ0v) is 15.1. The zero-order valence-electron chi connectivity index (χ0n) is 12.9. The van der Waals surface area contributed by atoms with Gasteiger partial charge in [0.2, 0.25) is 0 Å². The van der Waals surface area contributed by atoms with Crippen molar-refractivity contribution < 1.29 is 4.79 Å². The largest absolute Gasteiger partial charge is 0.355 e. The fourth-order valence-corrected chi connectivity index (χ4v) is 3.21. The summed E-state index contributed by atoms with van der Waals surface area (Å²) in [5.74, 6) is 0.702. The number of aryl methyl sites for hydroxylation is 1. The predicted molar refractivity (Wildman–Crippen MR) is 100 cm³/mol. The maximum atomic E-state index is 12.5. The molecule has 2 aromatic rings. The lowest BCUT2D eigenvalue weighted by Gasteiger charge is -2.14. The average molecular weight is 416 g/mol. The lowest BCUT2D eigenvalue weighted by Crippen LogP contribution is -2.06. The Kier molecular flexibility index (Phi) is 4.67. The van der Waals surface area contributed by atoms with E-state index in [2.05, 4.69) is 40.0 Å². The van der Waals surface area contributed by atoms with Crippen LogP contribution in [0.3, 0.4) is 0 Å². The van der Waals surface area contributed by atoms with Gasteiger partial charge in [0.1, 0.15) is 0 Å². The molecule has 1 aliphatic carbocycles. The molecule has 0 unspecified atom stereocenters. The fourth-order valence-electron chi connectivity index (χ4n) is 2.57. The number of anilines is 2. The third-order valence-electron chi connectivity index (χ3n) is 4.08. The molecule has 0 atom stereocenters. The van der Waals surface area contributed by atoms with Gasteiger partial charge in [-0.1, -0.05) is 0 Å². The summed E-state index contributed by atoms with van der Waals surface area (Å²) in [5, 5.41) is 12.5. The molecule has 4 heteroatoms. The van der Waals surface area contributed by atoms with Gasteiger partial charge in [0.15, 0.2) is 5.78 Å². The minimum absolute atomic E-state index is 0.155. The van der Waals surface area contributed by atoms with Gasteiger partial charge >= 0.3 is 0 Å². The Morgan fingerprint density at radius 3 is 2.70 bits per heavy atom. The van der Waals surface area contributed by atoms with Gasteiger partial charge in [0.25, 0.3) is 0 Å². The van der Waals surface area contributed by atoms with Gasteiger partial charge in [-0.15, -0.1) is 0 Å². The van der Waals surface area contributed by atoms with Crippen molar-refractivity contribution in [3.63, 3.8) is 0 Å². The summed E-state index contributed by atoms with van der Waals surface area (Å²) in [6.45, 7) is 2.03. The molecule has 23 heavy (non-hydrogen) atoms. The van der Waals surface area contributed by atoms with Crippen molar-refractivity contribution in [1.82, 2.24) is 0 Å². The molecule has 1 aliphatic rings. The smallest absolute Gasteiger partial charge is 0.165 e. The van der Waals surface area contributed by atoms with Crippen LogP contribution in [-0.4, -0.2) is 5.78 Å². The van der Waals surface area contributed by atoms with Crippen molar-refractivity contribution in [2.75, 3.05) is 5.32 Å². The van der Waals surface area contributed by atoms with Gasteiger partial charge in [-0.2, -0.15) is 5.26 Å². The second-order valence-corrected chi connectivity index (χ2v) is 7.27. The summed E-state index contributed by atoms with van der Waals surface area (Å²) >= 11 is 2.28. The summed E-state index contributed by atoms with van der Waals surface area (Å²) in [4.78, 5) is 12.5. The first-order chi connectivity index (χ1) is 11.1. The topological polar surface area (TPSA) is 52.9 Å². The highest BCUT2D eigenvalue weighted by Gasteiger charge is 2.26. The Morgan fingerprint density at radius 1 is 1.26 bits per heavy atom. The minimum Gasteiger partial charge on any atom is -0.355 e. The first-order valence-electron chi connectivity index (χ1n) is 7.67. The Bertz CT molecular complexity index is 804. The van der Waals surface area contributed by atoms with E-state index in [9.17, 15) is 4.79 Å². The van der Waals surface area contributed by atoms with E-state index in [4.69, 9.17) is 5.26 Å². The number of Topliss-reactive ketones (excluding diaryl/α,β-unsaturated/α-hetero) is 1. The Balaban J connectivity index is 1.94. The van der Waals surface area contributed by atoms with E-state index < -0.39 is 0 Å². The van der Waals surface area contributed by atoms with Crippen molar-refractivity contribution in [2.45, 2.75) is 26.2 Å². The summed E-state index contributed by atoms with van der Waals surface area (Å²) < 4.78 is 1.17. The normalized spacial score (nSPS) is 13.4.